The van der Waals surface area contributed by atoms with Crippen LogP contribution in [0.2, 0.25) is 5.02 Å². The Morgan fingerprint density at radius 1 is 1.47 bits per heavy atom. The van der Waals surface area contributed by atoms with Gasteiger partial charge in [0.15, 0.2) is 0 Å². The Morgan fingerprint density at radius 3 is 2.59 bits per heavy atom. The van der Waals surface area contributed by atoms with Crippen molar-refractivity contribution in [2.24, 2.45) is 11.7 Å². The number of amides is 1. The number of carbonyl (C=O) groups excluding carboxylic acids is 1. The molecule has 94 valence electrons. The fourth-order valence-electron chi connectivity index (χ4n) is 1.73. The highest BCUT2D eigenvalue weighted by atomic mass is 35.5. The van der Waals surface area contributed by atoms with E-state index in [1.807, 2.05) is 4.90 Å². The molecule has 4 N–H and O–H groups in total. The van der Waals surface area contributed by atoms with Crippen LogP contribution in [0.1, 0.15) is 13.8 Å². The SMILES string of the molecule is CC(C)CN(CC(N)=O)c1c(N)cccc1Cl. The molecule has 17 heavy (non-hydrogen) atoms. The largest absolute Gasteiger partial charge is 0.397 e. The molecule has 5 heteroatoms. The van der Waals surface area contributed by atoms with E-state index >= 15 is 0 Å². The molecule has 0 aromatic heterocycles. The molecule has 1 rings (SSSR count). The molecule has 1 amide bonds. The zero-order valence-corrected chi connectivity index (χ0v) is 10.9. The van der Waals surface area contributed by atoms with E-state index in [0.717, 1.165) is 0 Å². The van der Waals surface area contributed by atoms with Crippen LogP contribution in [0.4, 0.5) is 11.4 Å². The number of carbonyl (C=O) groups is 1. The highest BCUT2D eigenvalue weighted by Gasteiger charge is 2.16. The molecule has 0 spiro atoms. The predicted octanol–water partition coefficient (Wildman–Crippen LogP) is 1.87. The first kappa shape index (κ1) is 13.6. The highest BCUT2D eigenvalue weighted by Crippen LogP contribution is 2.32. The Bertz CT molecular complexity index is 386. The number of benzene rings is 1. The van der Waals surface area contributed by atoms with Gasteiger partial charge in [-0.25, -0.2) is 0 Å². The molecular formula is C12H18ClN3O. The van der Waals surface area contributed by atoms with Gasteiger partial charge in [0.1, 0.15) is 0 Å². The monoisotopic (exact) mass is 255 g/mol. The molecule has 0 fully saturated rings. The van der Waals surface area contributed by atoms with Gasteiger partial charge in [-0.3, -0.25) is 4.79 Å². The van der Waals surface area contributed by atoms with Crippen molar-refractivity contribution in [2.75, 3.05) is 23.7 Å². The number of halogens is 1. The maximum Gasteiger partial charge on any atom is 0.236 e. The summed E-state index contributed by atoms with van der Waals surface area (Å²) in [7, 11) is 0. The molecule has 0 bridgehead atoms. The summed E-state index contributed by atoms with van der Waals surface area (Å²) in [6, 6.07) is 5.29. The Morgan fingerprint density at radius 2 is 2.12 bits per heavy atom. The lowest BCUT2D eigenvalue weighted by Gasteiger charge is -2.27. The van der Waals surface area contributed by atoms with Crippen LogP contribution in [0.25, 0.3) is 0 Å². The summed E-state index contributed by atoms with van der Waals surface area (Å²) in [4.78, 5) is 12.9. The second-order valence-electron chi connectivity index (χ2n) is 4.42. The average Bonchev–Trinajstić information content (AvgIpc) is 2.14. The van der Waals surface area contributed by atoms with Crippen LogP contribution in [0.5, 0.6) is 0 Å². The van der Waals surface area contributed by atoms with Gasteiger partial charge in [-0.1, -0.05) is 31.5 Å². The molecule has 1 aromatic carbocycles. The van der Waals surface area contributed by atoms with E-state index in [1.54, 1.807) is 18.2 Å². The van der Waals surface area contributed by atoms with Crippen molar-refractivity contribution in [2.45, 2.75) is 13.8 Å². The number of primary amides is 1. The molecule has 0 atom stereocenters. The molecule has 1 aromatic rings. The van der Waals surface area contributed by atoms with Crippen LogP contribution in [-0.4, -0.2) is 19.0 Å². The van der Waals surface area contributed by atoms with Crippen molar-refractivity contribution in [1.29, 1.82) is 0 Å². The number of para-hydroxylation sites is 1. The van der Waals surface area contributed by atoms with E-state index in [-0.39, 0.29) is 6.54 Å². The topological polar surface area (TPSA) is 72.3 Å². The van der Waals surface area contributed by atoms with Crippen LogP contribution in [0.15, 0.2) is 18.2 Å². The van der Waals surface area contributed by atoms with Crippen LogP contribution in [-0.2, 0) is 4.79 Å². The van der Waals surface area contributed by atoms with Crippen molar-refractivity contribution in [3.8, 4) is 0 Å². The lowest BCUT2D eigenvalue weighted by atomic mass is 10.1. The zero-order chi connectivity index (χ0) is 13.0. The molecular weight excluding hydrogens is 238 g/mol. The van der Waals surface area contributed by atoms with Crippen molar-refractivity contribution in [1.82, 2.24) is 0 Å². The predicted molar refractivity (Wildman–Crippen MR) is 72.1 cm³/mol. The Labute approximate surface area is 107 Å². The summed E-state index contributed by atoms with van der Waals surface area (Å²) < 4.78 is 0. The fraction of sp³-hybridized carbons (Fsp3) is 0.417. The number of nitrogens with two attached hydrogens (primary N) is 2. The number of hydrogen-bond donors (Lipinski definition) is 2. The van der Waals surface area contributed by atoms with Crippen molar-refractivity contribution < 1.29 is 4.79 Å². The summed E-state index contributed by atoms with van der Waals surface area (Å²) >= 11 is 6.12. The van der Waals surface area contributed by atoms with Gasteiger partial charge in [-0.2, -0.15) is 0 Å². The van der Waals surface area contributed by atoms with E-state index < -0.39 is 5.91 Å². The molecule has 0 aliphatic heterocycles. The Kier molecular flexibility index (Phi) is 4.63. The summed E-state index contributed by atoms with van der Waals surface area (Å²) in [5.74, 6) is -0.0185. The van der Waals surface area contributed by atoms with Gasteiger partial charge in [0, 0.05) is 6.54 Å². The molecule has 4 nitrogen and oxygen atoms in total. The first-order valence-electron chi connectivity index (χ1n) is 5.49. The lowest BCUT2D eigenvalue weighted by Crippen LogP contribution is -2.36. The van der Waals surface area contributed by atoms with Gasteiger partial charge in [0.2, 0.25) is 5.91 Å². The first-order valence-corrected chi connectivity index (χ1v) is 5.87. The zero-order valence-electron chi connectivity index (χ0n) is 10.1. The minimum absolute atomic E-state index is 0.117. The normalized spacial score (nSPS) is 10.6. The fourth-order valence-corrected chi connectivity index (χ4v) is 2.03. The third-order valence-electron chi connectivity index (χ3n) is 2.27. The quantitative estimate of drug-likeness (QED) is 0.789. The molecule has 0 saturated heterocycles. The smallest absolute Gasteiger partial charge is 0.236 e. The van der Waals surface area contributed by atoms with E-state index in [0.29, 0.717) is 28.9 Å². The molecule has 0 aliphatic carbocycles. The maximum absolute atomic E-state index is 11.1. The van der Waals surface area contributed by atoms with Crippen LogP contribution < -0.4 is 16.4 Å². The van der Waals surface area contributed by atoms with Crippen LogP contribution in [0, 0.1) is 5.92 Å². The van der Waals surface area contributed by atoms with E-state index in [1.165, 1.54) is 0 Å². The number of nitrogens with zero attached hydrogens (tertiary/aromatic N) is 1. The Balaban J connectivity index is 3.07. The number of nitrogen functional groups attached to an aromatic ring is 1. The third-order valence-corrected chi connectivity index (χ3v) is 2.57. The van der Waals surface area contributed by atoms with Gasteiger partial charge >= 0.3 is 0 Å². The van der Waals surface area contributed by atoms with Gasteiger partial charge in [0.25, 0.3) is 0 Å². The van der Waals surface area contributed by atoms with E-state index in [2.05, 4.69) is 13.8 Å². The first-order chi connectivity index (χ1) is 7.91. The second-order valence-corrected chi connectivity index (χ2v) is 4.83. The molecule has 0 radical (unpaired) electrons. The molecule has 0 saturated carbocycles. The second kappa shape index (κ2) is 5.77. The van der Waals surface area contributed by atoms with Crippen molar-refractivity contribution >= 4 is 28.9 Å². The van der Waals surface area contributed by atoms with E-state index in [4.69, 9.17) is 23.1 Å². The number of hydrogen-bond acceptors (Lipinski definition) is 3. The van der Waals surface area contributed by atoms with E-state index in [9.17, 15) is 4.79 Å². The average molecular weight is 256 g/mol. The molecule has 0 heterocycles. The summed E-state index contributed by atoms with van der Waals surface area (Å²) in [5, 5.41) is 0.534. The minimum Gasteiger partial charge on any atom is -0.397 e. The number of anilines is 2. The summed E-state index contributed by atoms with van der Waals surface area (Å²) in [6.07, 6.45) is 0. The van der Waals surface area contributed by atoms with Gasteiger partial charge in [0.05, 0.1) is 22.9 Å². The molecule has 0 aliphatic rings. The van der Waals surface area contributed by atoms with Crippen molar-refractivity contribution in [3.05, 3.63) is 23.2 Å². The van der Waals surface area contributed by atoms with Gasteiger partial charge < -0.3 is 16.4 Å². The standard InChI is InChI=1S/C12H18ClN3O/c1-8(2)6-16(7-11(15)17)12-9(13)4-3-5-10(12)14/h3-5,8H,6-7,14H2,1-2H3,(H2,15,17). The van der Waals surface area contributed by atoms with Gasteiger partial charge in [-0.15, -0.1) is 0 Å². The Hall–Kier alpha value is -1.42. The number of rotatable bonds is 5. The van der Waals surface area contributed by atoms with Crippen LogP contribution >= 0.6 is 11.6 Å². The highest BCUT2D eigenvalue weighted by molar-refractivity contribution is 6.34. The maximum atomic E-state index is 11.1. The third kappa shape index (κ3) is 3.82. The lowest BCUT2D eigenvalue weighted by molar-refractivity contribution is -0.116. The summed E-state index contributed by atoms with van der Waals surface area (Å²) in [6.45, 7) is 4.91. The minimum atomic E-state index is -0.398. The summed E-state index contributed by atoms with van der Waals surface area (Å²) in [5.41, 5.74) is 12.4. The van der Waals surface area contributed by atoms with Gasteiger partial charge in [-0.05, 0) is 18.1 Å². The van der Waals surface area contributed by atoms with Crippen LogP contribution in [0.3, 0.4) is 0 Å². The van der Waals surface area contributed by atoms with Crippen molar-refractivity contribution in [3.63, 3.8) is 0 Å². The molecule has 0 unspecified atom stereocenters.